The minimum absolute atomic E-state index is 0.0860. The predicted molar refractivity (Wildman–Crippen MR) is 97.3 cm³/mol. The van der Waals surface area contributed by atoms with Gasteiger partial charge in [0.1, 0.15) is 17.3 Å². The Morgan fingerprint density at radius 1 is 1.08 bits per heavy atom. The molecule has 0 unspecified atom stereocenters. The molecule has 0 saturated carbocycles. The lowest BCUT2D eigenvalue weighted by Gasteiger charge is -2.01. The highest BCUT2D eigenvalue weighted by Gasteiger charge is 2.09. The Hall–Kier alpha value is -2.76. The van der Waals surface area contributed by atoms with Crippen molar-refractivity contribution in [1.29, 1.82) is 0 Å². The Balaban J connectivity index is 1.69. The maximum atomic E-state index is 11.9. The Morgan fingerprint density at radius 2 is 1.84 bits per heavy atom. The summed E-state index contributed by atoms with van der Waals surface area (Å²) in [6.45, 7) is 0. The molecule has 0 spiro atoms. The number of phenolic OH excluding ortho intramolecular Hbond substituents is 1. The molecule has 2 N–H and O–H groups in total. The maximum absolute atomic E-state index is 11.9. The lowest BCUT2D eigenvalue weighted by atomic mass is 10.2. The van der Waals surface area contributed by atoms with Gasteiger partial charge in [-0.1, -0.05) is 23.2 Å². The molecule has 0 aliphatic rings. The summed E-state index contributed by atoms with van der Waals surface area (Å²) in [5.41, 5.74) is 3.42. The van der Waals surface area contributed by atoms with Crippen LogP contribution in [0.2, 0.25) is 10.0 Å². The molecular weight excluding hydrogens is 363 g/mol. The second-order valence-electron chi connectivity index (χ2n) is 5.07. The number of benzene rings is 2. The topological polar surface area (TPSA) is 74.8 Å². The third-order valence-electron chi connectivity index (χ3n) is 3.31. The van der Waals surface area contributed by atoms with Crippen molar-refractivity contribution in [2.75, 3.05) is 0 Å². The highest BCUT2D eigenvalue weighted by Crippen LogP contribution is 2.31. The number of hydrazone groups is 1. The van der Waals surface area contributed by atoms with E-state index < -0.39 is 5.91 Å². The Kier molecular flexibility index (Phi) is 5.07. The number of amides is 1. The molecule has 2 aromatic carbocycles. The van der Waals surface area contributed by atoms with Crippen LogP contribution in [0.4, 0.5) is 0 Å². The van der Waals surface area contributed by atoms with Gasteiger partial charge in [0.15, 0.2) is 0 Å². The van der Waals surface area contributed by atoms with Gasteiger partial charge in [-0.05, 0) is 54.6 Å². The van der Waals surface area contributed by atoms with Crippen molar-refractivity contribution < 1.29 is 14.3 Å². The average Bonchev–Trinajstić information content (AvgIpc) is 3.06. The zero-order valence-electron chi connectivity index (χ0n) is 12.7. The SMILES string of the molecule is O=C(N/N=C/c1ccc(-c2cc(Cl)ccc2Cl)o1)c1ccc(O)cc1. The van der Waals surface area contributed by atoms with E-state index >= 15 is 0 Å². The lowest BCUT2D eigenvalue weighted by Crippen LogP contribution is -2.17. The van der Waals surface area contributed by atoms with Gasteiger partial charge in [0, 0.05) is 16.1 Å². The van der Waals surface area contributed by atoms with Crippen LogP contribution in [-0.4, -0.2) is 17.2 Å². The average molecular weight is 375 g/mol. The standard InChI is InChI=1S/C18H12Cl2N2O3/c19-12-3-7-16(20)15(9-12)17-8-6-14(25-17)10-21-22-18(24)11-1-4-13(23)5-2-11/h1-10,23H,(H,22,24)/b21-10+. The zero-order chi connectivity index (χ0) is 17.8. The predicted octanol–water partition coefficient (Wildman–Crippen LogP) is 4.72. The highest BCUT2D eigenvalue weighted by molar-refractivity contribution is 6.35. The van der Waals surface area contributed by atoms with Gasteiger partial charge < -0.3 is 9.52 Å². The van der Waals surface area contributed by atoms with Crippen LogP contribution in [0.3, 0.4) is 0 Å². The van der Waals surface area contributed by atoms with Crippen molar-refractivity contribution in [3.63, 3.8) is 0 Å². The molecule has 25 heavy (non-hydrogen) atoms. The molecule has 0 atom stereocenters. The second kappa shape index (κ2) is 7.42. The number of rotatable bonds is 4. The first-order valence-corrected chi connectivity index (χ1v) is 7.96. The van der Waals surface area contributed by atoms with Crippen molar-refractivity contribution in [2.24, 2.45) is 5.10 Å². The molecule has 3 aromatic rings. The van der Waals surface area contributed by atoms with Gasteiger partial charge in [-0.15, -0.1) is 0 Å². The summed E-state index contributed by atoms with van der Waals surface area (Å²) >= 11 is 12.1. The summed E-state index contributed by atoms with van der Waals surface area (Å²) in [5.74, 6) is 0.666. The number of nitrogens with one attached hydrogen (secondary N) is 1. The lowest BCUT2D eigenvalue weighted by molar-refractivity contribution is 0.0955. The third kappa shape index (κ3) is 4.21. The van der Waals surface area contributed by atoms with E-state index in [0.29, 0.717) is 32.7 Å². The fraction of sp³-hybridized carbons (Fsp3) is 0. The van der Waals surface area contributed by atoms with E-state index in [9.17, 15) is 9.90 Å². The van der Waals surface area contributed by atoms with Gasteiger partial charge >= 0.3 is 0 Å². The quantitative estimate of drug-likeness (QED) is 0.512. The summed E-state index contributed by atoms with van der Waals surface area (Å²) in [6.07, 6.45) is 1.38. The Labute approximate surface area is 153 Å². The molecule has 7 heteroatoms. The minimum Gasteiger partial charge on any atom is -0.508 e. The Bertz CT molecular complexity index is 934. The number of hydrogen-bond donors (Lipinski definition) is 2. The molecule has 1 aromatic heterocycles. The molecule has 0 saturated heterocycles. The molecule has 1 amide bonds. The van der Waals surface area contributed by atoms with E-state index in [-0.39, 0.29) is 5.75 Å². The van der Waals surface area contributed by atoms with E-state index in [1.54, 1.807) is 30.3 Å². The zero-order valence-corrected chi connectivity index (χ0v) is 14.3. The molecule has 0 radical (unpaired) electrons. The largest absolute Gasteiger partial charge is 0.508 e. The molecule has 0 aliphatic carbocycles. The van der Waals surface area contributed by atoms with E-state index in [4.69, 9.17) is 27.6 Å². The van der Waals surface area contributed by atoms with Crippen LogP contribution in [-0.2, 0) is 0 Å². The van der Waals surface area contributed by atoms with Crippen molar-refractivity contribution in [1.82, 2.24) is 5.43 Å². The summed E-state index contributed by atoms with van der Waals surface area (Å²) < 4.78 is 5.63. The number of carbonyl (C=O) groups excluding carboxylic acids is 1. The normalized spacial score (nSPS) is 11.0. The van der Waals surface area contributed by atoms with E-state index in [1.807, 2.05) is 0 Å². The van der Waals surface area contributed by atoms with Crippen molar-refractivity contribution in [2.45, 2.75) is 0 Å². The van der Waals surface area contributed by atoms with Gasteiger partial charge in [-0.3, -0.25) is 4.79 Å². The number of hydrogen-bond acceptors (Lipinski definition) is 4. The molecule has 0 fully saturated rings. The summed E-state index contributed by atoms with van der Waals surface area (Å²) in [4.78, 5) is 11.9. The van der Waals surface area contributed by atoms with Crippen LogP contribution in [0.25, 0.3) is 11.3 Å². The van der Waals surface area contributed by atoms with Gasteiger partial charge in [-0.2, -0.15) is 5.10 Å². The smallest absolute Gasteiger partial charge is 0.271 e. The first kappa shape index (κ1) is 17.1. The molecule has 3 rings (SSSR count). The van der Waals surface area contributed by atoms with Crippen LogP contribution >= 0.6 is 23.2 Å². The van der Waals surface area contributed by atoms with Gasteiger partial charge in [0.25, 0.3) is 5.91 Å². The van der Waals surface area contributed by atoms with E-state index in [1.165, 1.54) is 30.5 Å². The third-order valence-corrected chi connectivity index (χ3v) is 3.87. The van der Waals surface area contributed by atoms with Crippen LogP contribution < -0.4 is 5.43 Å². The number of halogens is 2. The van der Waals surface area contributed by atoms with Crippen LogP contribution in [0.15, 0.2) is 64.1 Å². The molecule has 1 heterocycles. The van der Waals surface area contributed by atoms with Crippen LogP contribution in [0, 0.1) is 0 Å². The monoisotopic (exact) mass is 374 g/mol. The summed E-state index contributed by atoms with van der Waals surface area (Å²) in [7, 11) is 0. The first-order chi connectivity index (χ1) is 12.0. The summed E-state index contributed by atoms with van der Waals surface area (Å²) in [6, 6.07) is 14.3. The molecule has 0 aliphatic heterocycles. The van der Waals surface area contributed by atoms with E-state index in [0.717, 1.165) is 0 Å². The molecule has 5 nitrogen and oxygen atoms in total. The Morgan fingerprint density at radius 3 is 2.60 bits per heavy atom. The number of furan rings is 1. The fourth-order valence-corrected chi connectivity index (χ4v) is 2.47. The second-order valence-corrected chi connectivity index (χ2v) is 5.92. The first-order valence-electron chi connectivity index (χ1n) is 7.20. The van der Waals surface area contributed by atoms with Crippen LogP contribution in [0.5, 0.6) is 5.75 Å². The summed E-state index contributed by atoms with van der Waals surface area (Å²) in [5, 5.41) is 14.1. The van der Waals surface area contributed by atoms with Crippen molar-refractivity contribution in [3.8, 4) is 17.1 Å². The molecule has 0 bridgehead atoms. The van der Waals surface area contributed by atoms with Gasteiger partial charge in [-0.25, -0.2) is 5.43 Å². The van der Waals surface area contributed by atoms with Crippen molar-refractivity contribution in [3.05, 3.63) is 76.0 Å². The minimum atomic E-state index is -0.402. The fourth-order valence-electron chi connectivity index (χ4n) is 2.09. The van der Waals surface area contributed by atoms with E-state index in [2.05, 4.69) is 10.5 Å². The molecular formula is C18H12Cl2N2O3. The molecule has 126 valence electrons. The number of phenols is 1. The number of nitrogens with zero attached hydrogens (tertiary/aromatic N) is 1. The highest BCUT2D eigenvalue weighted by atomic mass is 35.5. The van der Waals surface area contributed by atoms with Gasteiger partial charge in [0.2, 0.25) is 0 Å². The number of aromatic hydroxyl groups is 1. The van der Waals surface area contributed by atoms with Crippen molar-refractivity contribution >= 4 is 35.3 Å². The number of carbonyl (C=O) groups is 1. The van der Waals surface area contributed by atoms with Gasteiger partial charge in [0.05, 0.1) is 11.2 Å². The van der Waals surface area contributed by atoms with Crippen LogP contribution in [0.1, 0.15) is 16.1 Å². The maximum Gasteiger partial charge on any atom is 0.271 e.